The third kappa shape index (κ3) is 13.0. The third-order valence-corrected chi connectivity index (χ3v) is 7.77. The highest BCUT2D eigenvalue weighted by Crippen LogP contribution is 2.24. The number of ether oxygens (including phenoxy) is 3. The van der Waals surface area contributed by atoms with E-state index in [1.54, 1.807) is 30.3 Å². The van der Waals surface area contributed by atoms with Gasteiger partial charge in [-0.3, -0.25) is 0 Å². The molecule has 4 N–H and O–H groups in total. The number of carbonyl (C=O) groups is 1. The summed E-state index contributed by atoms with van der Waals surface area (Å²) in [6.07, 6.45) is 7.96. The Hall–Kier alpha value is -2.24. The summed E-state index contributed by atoms with van der Waals surface area (Å²) >= 11 is 0. The van der Waals surface area contributed by atoms with Crippen molar-refractivity contribution >= 4 is 5.97 Å². The molecule has 0 bridgehead atoms. The summed E-state index contributed by atoms with van der Waals surface area (Å²) in [6.45, 7) is 1.36. The second-order valence-electron chi connectivity index (χ2n) is 11.1. The minimum Gasteiger partial charge on any atom is -0.458 e. The van der Waals surface area contributed by atoms with Crippen molar-refractivity contribution in [3.05, 3.63) is 46.3 Å². The number of azide groups is 1. The highest BCUT2D eigenvalue weighted by atomic mass is 16.7. The predicted octanol–water partition coefficient (Wildman–Crippen LogP) is 5.19. The molecule has 11 heteroatoms. The molecule has 0 radical (unpaired) electrons. The molecule has 0 aromatic heterocycles. The van der Waals surface area contributed by atoms with Gasteiger partial charge in [-0.15, -0.1) is 0 Å². The van der Waals surface area contributed by atoms with Gasteiger partial charge in [0.25, 0.3) is 0 Å². The number of benzene rings is 1. The molecule has 11 nitrogen and oxygen atoms in total. The molecule has 1 heterocycles. The summed E-state index contributed by atoms with van der Waals surface area (Å²) in [7, 11) is 0. The SMILES string of the molecule is CCCCCCCCCCCCCCC[C@@H](OC(=O)c1ccccc1)[C@H](CO[C@@H]1O[C@H](CO)[C@H](O)[C@H](O)[C@H]1O)N=[N+]=[N-]. The molecular formula is C31H51N3O8. The molecular weight excluding hydrogens is 542 g/mol. The van der Waals surface area contributed by atoms with Gasteiger partial charge in [0, 0.05) is 4.91 Å². The first-order valence-corrected chi connectivity index (χ1v) is 15.6. The van der Waals surface area contributed by atoms with Crippen LogP contribution in [0.3, 0.4) is 0 Å². The molecule has 238 valence electrons. The number of hydrogen-bond donors (Lipinski definition) is 4. The van der Waals surface area contributed by atoms with Crippen LogP contribution < -0.4 is 0 Å². The second kappa shape index (κ2) is 21.4. The van der Waals surface area contributed by atoms with Gasteiger partial charge in [0.2, 0.25) is 0 Å². The van der Waals surface area contributed by atoms with Crippen LogP contribution in [-0.2, 0) is 14.2 Å². The maximum atomic E-state index is 12.9. The zero-order valence-corrected chi connectivity index (χ0v) is 25.0. The standard InChI is InChI=1S/C31H51N3O8/c1-2-3-4-5-6-7-8-9-10-11-12-13-17-20-25(41-30(39)23-18-15-14-16-19-23)24(33-34-32)22-40-31-29(38)28(37)27(36)26(21-35)42-31/h14-16,18-19,24-29,31,35-38H,2-13,17,20-22H2,1H3/t24-,25+,26+,27-,28-,29+,31+/m0/s1. The van der Waals surface area contributed by atoms with Crippen LogP contribution in [0, 0.1) is 0 Å². The molecule has 7 atom stereocenters. The summed E-state index contributed by atoms with van der Waals surface area (Å²) in [4.78, 5) is 15.8. The molecule has 2 rings (SSSR count). The summed E-state index contributed by atoms with van der Waals surface area (Å²) in [5, 5.41) is 43.6. The largest absolute Gasteiger partial charge is 0.458 e. The highest BCUT2D eigenvalue weighted by Gasteiger charge is 2.44. The monoisotopic (exact) mass is 593 g/mol. The first kappa shape index (κ1) is 36.0. The first-order chi connectivity index (χ1) is 20.4. The van der Waals surface area contributed by atoms with Crippen molar-refractivity contribution in [1.29, 1.82) is 0 Å². The fraction of sp³-hybridized carbons (Fsp3) is 0.774. The predicted molar refractivity (Wildman–Crippen MR) is 159 cm³/mol. The number of unbranched alkanes of at least 4 members (excludes halogenated alkanes) is 12. The van der Waals surface area contributed by atoms with E-state index in [9.17, 15) is 30.8 Å². The van der Waals surface area contributed by atoms with Crippen LogP contribution in [0.1, 0.15) is 107 Å². The van der Waals surface area contributed by atoms with Crippen LogP contribution in [0.5, 0.6) is 0 Å². The Morgan fingerprint density at radius 1 is 0.905 bits per heavy atom. The van der Waals surface area contributed by atoms with Crippen LogP contribution in [0.15, 0.2) is 35.4 Å². The smallest absolute Gasteiger partial charge is 0.338 e. The molecule has 1 aliphatic rings. The summed E-state index contributed by atoms with van der Waals surface area (Å²) in [5.74, 6) is -0.554. The van der Waals surface area contributed by atoms with Gasteiger partial charge in [-0.1, -0.05) is 107 Å². The topological polar surface area (TPSA) is 174 Å². The molecule has 1 fully saturated rings. The zero-order valence-electron chi connectivity index (χ0n) is 25.0. The molecule has 0 amide bonds. The van der Waals surface area contributed by atoms with Crippen LogP contribution in [0.25, 0.3) is 10.4 Å². The molecule has 0 spiro atoms. The Kier molecular flexibility index (Phi) is 18.4. The van der Waals surface area contributed by atoms with Gasteiger partial charge in [0.05, 0.1) is 24.8 Å². The summed E-state index contributed by atoms with van der Waals surface area (Å²) < 4.78 is 16.8. The van der Waals surface area contributed by atoms with E-state index in [4.69, 9.17) is 14.2 Å². The number of aliphatic hydroxyl groups excluding tert-OH is 4. The van der Waals surface area contributed by atoms with Gasteiger partial charge < -0.3 is 34.6 Å². The summed E-state index contributed by atoms with van der Waals surface area (Å²) in [5.41, 5.74) is 9.61. The Morgan fingerprint density at radius 3 is 2.02 bits per heavy atom. The van der Waals surface area contributed by atoms with Crippen molar-refractivity contribution in [2.24, 2.45) is 5.11 Å². The highest BCUT2D eigenvalue weighted by molar-refractivity contribution is 5.89. The maximum absolute atomic E-state index is 12.9. The second-order valence-corrected chi connectivity index (χ2v) is 11.1. The van der Waals surface area contributed by atoms with Gasteiger partial charge in [-0.25, -0.2) is 4.79 Å². The normalized spacial score (nSPS) is 23.6. The maximum Gasteiger partial charge on any atom is 0.338 e. The van der Waals surface area contributed by atoms with Crippen molar-refractivity contribution < 1.29 is 39.4 Å². The zero-order chi connectivity index (χ0) is 30.6. The Labute approximate surface area is 249 Å². The van der Waals surface area contributed by atoms with Gasteiger partial charge in [-0.2, -0.15) is 0 Å². The molecule has 1 aromatic rings. The van der Waals surface area contributed by atoms with E-state index in [1.165, 1.54) is 57.8 Å². The Morgan fingerprint density at radius 2 is 1.48 bits per heavy atom. The van der Waals surface area contributed by atoms with E-state index in [0.717, 1.165) is 25.7 Å². The number of carbonyl (C=O) groups excluding carboxylic acids is 1. The van der Waals surface area contributed by atoms with Crippen molar-refractivity contribution in [3.63, 3.8) is 0 Å². The number of hydrogen-bond acceptors (Lipinski definition) is 9. The third-order valence-electron chi connectivity index (χ3n) is 7.77. The number of aliphatic hydroxyl groups is 4. The fourth-order valence-corrected chi connectivity index (χ4v) is 5.15. The van der Waals surface area contributed by atoms with Crippen LogP contribution in [0.2, 0.25) is 0 Å². The molecule has 1 aromatic carbocycles. The van der Waals surface area contributed by atoms with Crippen molar-refractivity contribution in [2.75, 3.05) is 13.2 Å². The lowest BCUT2D eigenvalue weighted by molar-refractivity contribution is -0.302. The van der Waals surface area contributed by atoms with Crippen molar-refractivity contribution in [3.8, 4) is 0 Å². The Bertz CT molecular complexity index is 899. The molecule has 1 aliphatic heterocycles. The van der Waals surface area contributed by atoms with E-state index in [1.807, 2.05) is 0 Å². The quantitative estimate of drug-likeness (QED) is 0.0467. The minimum atomic E-state index is -1.60. The molecule has 0 unspecified atom stereocenters. The van der Waals surface area contributed by atoms with Crippen LogP contribution in [-0.4, -0.2) is 82.5 Å². The van der Waals surface area contributed by atoms with E-state index in [0.29, 0.717) is 12.0 Å². The average molecular weight is 594 g/mol. The lowest BCUT2D eigenvalue weighted by Gasteiger charge is -2.40. The van der Waals surface area contributed by atoms with E-state index in [2.05, 4.69) is 16.9 Å². The van der Waals surface area contributed by atoms with Gasteiger partial charge in [0.1, 0.15) is 30.5 Å². The fourth-order valence-electron chi connectivity index (χ4n) is 5.15. The number of esters is 1. The van der Waals surface area contributed by atoms with Crippen molar-refractivity contribution in [2.45, 2.75) is 140 Å². The van der Waals surface area contributed by atoms with Gasteiger partial charge >= 0.3 is 5.97 Å². The van der Waals surface area contributed by atoms with Crippen LogP contribution >= 0.6 is 0 Å². The van der Waals surface area contributed by atoms with E-state index >= 15 is 0 Å². The number of nitrogens with zero attached hydrogens (tertiary/aromatic N) is 3. The molecule has 0 aliphatic carbocycles. The molecule has 0 saturated carbocycles. The van der Waals surface area contributed by atoms with Gasteiger partial charge in [0.15, 0.2) is 6.29 Å². The number of rotatable bonds is 22. The molecule has 1 saturated heterocycles. The Balaban J connectivity index is 1.88. The first-order valence-electron chi connectivity index (χ1n) is 15.6. The summed E-state index contributed by atoms with van der Waals surface area (Å²) in [6, 6.07) is 7.58. The minimum absolute atomic E-state index is 0.280. The average Bonchev–Trinajstić information content (AvgIpc) is 3.01. The lowest BCUT2D eigenvalue weighted by atomic mass is 9.99. The molecule has 42 heavy (non-hydrogen) atoms. The van der Waals surface area contributed by atoms with Crippen LogP contribution in [0.4, 0.5) is 0 Å². The lowest BCUT2D eigenvalue weighted by Crippen LogP contribution is -2.59. The van der Waals surface area contributed by atoms with E-state index in [-0.39, 0.29) is 6.61 Å². The van der Waals surface area contributed by atoms with E-state index < -0.39 is 55.4 Å². The van der Waals surface area contributed by atoms with Gasteiger partial charge in [-0.05, 0) is 30.5 Å². The van der Waals surface area contributed by atoms with Crippen molar-refractivity contribution in [1.82, 2.24) is 0 Å².